The minimum Gasteiger partial charge on any atom is -0.481 e. The lowest BCUT2D eigenvalue weighted by Crippen LogP contribution is -2.44. The highest BCUT2D eigenvalue weighted by Crippen LogP contribution is 2.36. The van der Waals surface area contributed by atoms with Crippen LogP contribution in [0.5, 0.6) is 0 Å². The maximum Gasteiger partial charge on any atom is 0.421 e. The molecule has 1 atom stereocenters. The van der Waals surface area contributed by atoms with E-state index in [-0.39, 0.29) is 26.1 Å². The molecule has 20 heavy (non-hydrogen) atoms. The van der Waals surface area contributed by atoms with Crippen molar-refractivity contribution in [3.63, 3.8) is 0 Å². The number of hydrogen-bond donors (Lipinski definition) is 2. The van der Waals surface area contributed by atoms with Crippen LogP contribution in [0.15, 0.2) is 0 Å². The van der Waals surface area contributed by atoms with E-state index in [1.54, 1.807) is 11.6 Å². The van der Waals surface area contributed by atoms with Gasteiger partial charge in [0.25, 0.3) is 0 Å². The molecular formula is C11H20N2O6S. The number of carboxylic acids is 1. The molecule has 0 aromatic carbocycles. The third kappa shape index (κ3) is 3.60. The van der Waals surface area contributed by atoms with Crippen molar-refractivity contribution in [2.24, 2.45) is 5.41 Å². The molecule has 0 aromatic rings. The number of nitrogens with one attached hydrogen (secondary N) is 1. The van der Waals surface area contributed by atoms with Gasteiger partial charge in [0.05, 0.1) is 12.0 Å². The Morgan fingerprint density at radius 3 is 2.55 bits per heavy atom. The van der Waals surface area contributed by atoms with E-state index in [4.69, 9.17) is 0 Å². The van der Waals surface area contributed by atoms with Crippen molar-refractivity contribution >= 4 is 22.3 Å². The summed E-state index contributed by atoms with van der Waals surface area (Å²) in [4.78, 5) is 22.6. The second kappa shape index (κ2) is 6.40. The Bertz CT molecular complexity index is 477. The minimum atomic E-state index is -4.06. The molecule has 0 aromatic heterocycles. The number of rotatable bonds is 6. The van der Waals surface area contributed by atoms with Crippen LogP contribution >= 0.6 is 0 Å². The number of carbonyl (C=O) groups is 2. The van der Waals surface area contributed by atoms with E-state index >= 15 is 0 Å². The number of aliphatic carboxylic acids is 1. The summed E-state index contributed by atoms with van der Waals surface area (Å²) < 4.78 is 31.2. The van der Waals surface area contributed by atoms with Gasteiger partial charge >= 0.3 is 22.3 Å². The Hall–Kier alpha value is -1.35. The van der Waals surface area contributed by atoms with Crippen molar-refractivity contribution in [2.45, 2.75) is 33.1 Å². The fourth-order valence-electron chi connectivity index (χ4n) is 2.33. The molecule has 1 aliphatic heterocycles. The molecule has 8 nitrogen and oxygen atoms in total. The molecule has 0 spiro atoms. The Kier molecular flexibility index (Phi) is 5.35. The average Bonchev–Trinajstić information content (AvgIpc) is 2.75. The number of carbonyl (C=O) groups excluding carboxylic acids is 1. The smallest absolute Gasteiger partial charge is 0.421 e. The highest BCUT2D eigenvalue weighted by Gasteiger charge is 2.47. The number of nitrogens with zero attached hydrogens (tertiary/aromatic N) is 1. The molecule has 0 radical (unpaired) electrons. The predicted octanol–water partition coefficient (Wildman–Crippen LogP) is 0.554. The monoisotopic (exact) mass is 308 g/mol. The van der Waals surface area contributed by atoms with Crippen LogP contribution in [0.4, 0.5) is 4.79 Å². The van der Waals surface area contributed by atoms with Gasteiger partial charge < -0.3 is 9.84 Å². The fourth-order valence-corrected chi connectivity index (χ4v) is 3.48. The molecule has 0 bridgehead atoms. The van der Waals surface area contributed by atoms with E-state index in [9.17, 15) is 23.1 Å². The minimum absolute atomic E-state index is 0.0518. The molecule has 2 N–H and O–H groups in total. The van der Waals surface area contributed by atoms with Crippen LogP contribution in [0.25, 0.3) is 0 Å². The number of hydrogen-bond acceptors (Lipinski definition) is 5. The van der Waals surface area contributed by atoms with Crippen LogP contribution < -0.4 is 4.72 Å². The summed E-state index contributed by atoms with van der Waals surface area (Å²) in [5.74, 6) is -1.01. The van der Waals surface area contributed by atoms with Crippen LogP contribution in [0.1, 0.15) is 33.1 Å². The van der Waals surface area contributed by atoms with Gasteiger partial charge in [-0.25, -0.2) is 9.52 Å². The second-order valence-electron chi connectivity index (χ2n) is 4.75. The number of carboxylic acid groups (broad SMARTS) is 1. The van der Waals surface area contributed by atoms with Crippen molar-refractivity contribution in [1.29, 1.82) is 0 Å². The zero-order valence-electron chi connectivity index (χ0n) is 11.6. The zero-order chi connectivity index (χ0) is 15.4. The van der Waals surface area contributed by atoms with E-state index in [0.717, 1.165) is 4.31 Å². The van der Waals surface area contributed by atoms with Gasteiger partial charge in [0.2, 0.25) is 0 Å². The molecule has 0 aliphatic carbocycles. The lowest BCUT2D eigenvalue weighted by Gasteiger charge is -2.23. The molecule has 9 heteroatoms. The van der Waals surface area contributed by atoms with E-state index in [2.05, 4.69) is 4.74 Å². The lowest BCUT2D eigenvalue weighted by atomic mass is 9.83. The van der Waals surface area contributed by atoms with Crippen LogP contribution in [0.2, 0.25) is 0 Å². The van der Waals surface area contributed by atoms with Gasteiger partial charge in [-0.05, 0) is 19.8 Å². The Balaban J connectivity index is 2.80. The predicted molar refractivity (Wildman–Crippen MR) is 70.2 cm³/mol. The second-order valence-corrected chi connectivity index (χ2v) is 6.42. The SMILES string of the molecule is CCCC1(C(=O)O)CCN(S(=O)(=O)NC(=O)OCC)C1. The van der Waals surface area contributed by atoms with Gasteiger partial charge in [0.1, 0.15) is 0 Å². The maximum absolute atomic E-state index is 12.0. The number of amides is 1. The largest absolute Gasteiger partial charge is 0.481 e. The van der Waals surface area contributed by atoms with Gasteiger partial charge in [-0.1, -0.05) is 13.3 Å². The topological polar surface area (TPSA) is 113 Å². The van der Waals surface area contributed by atoms with E-state index in [1.807, 2.05) is 6.92 Å². The van der Waals surface area contributed by atoms with Gasteiger partial charge in [-0.2, -0.15) is 12.7 Å². The zero-order valence-corrected chi connectivity index (χ0v) is 12.4. The highest BCUT2D eigenvalue weighted by atomic mass is 32.2. The third-order valence-electron chi connectivity index (χ3n) is 3.33. The summed E-state index contributed by atoms with van der Waals surface area (Å²) in [5.41, 5.74) is -1.07. The molecule has 1 rings (SSSR count). The molecule has 1 aliphatic rings. The highest BCUT2D eigenvalue weighted by molar-refractivity contribution is 7.87. The van der Waals surface area contributed by atoms with Gasteiger partial charge in [-0.15, -0.1) is 0 Å². The van der Waals surface area contributed by atoms with Crippen molar-refractivity contribution < 1.29 is 27.9 Å². The first-order valence-electron chi connectivity index (χ1n) is 6.45. The van der Waals surface area contributed by atoms with Crippen molar-refractivity contribution in [2.75, 3.05) is 19.7 Å². The molecular weight excluding hydrogens is 288 g/mol. The average molecular weight is 308 g/mol. The first kappa shape index (κ1) is 16.7. The molecule has 1 unspecified atom stereocenters. The molecule has 116 valence electrons. The first-order chi connectivity index (χ1) is 9.27. The summed E-state index contributed by atoms with van der Waals surface area (Å²) in [6.07, 6.45) is 0.218. The van der Waals surface area contributed by atoms with E-state index in [0.29, 0.717) is 12.8 Å². The fraction of sp³-hybridized carbons (Fsp3) is 0.818. The van der Waals surface area contributed by atoms with Crippen LogP contribution in [-0.2, 0) is 19.7 Å². The van der Waals surface area contributed by atoms with Crippen LogP contribution in [0, 0.1) is 5.41 Å². The first-order valence-corrected chi connectivity index (χ1v) is 7.89. The maximum atomic E-state index is 12.0. The van der Waals surface area contributed by atoms with E-state index in [1.165, 1.54) is 0 Å². The molecule has 1 amide bonds. The van der Waals surface area contributed by atoms with Gasteiger partial charge in [0, 0.05) is 13.1 Å². The van der Waals surface area contributed by atoms with Gasteiger partial charge in [0.15, 0.2) is 0 Å². The Labute approximate surface area is 118 Å². The summed E-state index contributed by atoms with van der Waals surface area (Å²) in [6.45, 7) is 3.39. The summed E-state index contributed by atoms with van der Waals surface area (Å²) in [5, 5.41) is 9.31. The lowest BCUT2D eigenvalue weighted by molar-refractivity contribution is -0.148. The Morgan fingerprint density at radius 1 is 1.40 bits per heavy atom. The normalized spacial score (nSPS) is 23.5. The summed E-state index contributed by atoms with van der Waals surface area (Å²) in [6, 6.07) is 0. The standard InChI is InChI=1S/C11H20N2O6S/c1-3-5-11(9(14)15)6-7-13(8-11)20(17,18)12-10(16)19-4-2/h3-8H2,1-2H3,(H,12,16)(H,14,15). The van der Waals surface area contributed by atoms with Crippen LogP contribution in [0.3, 0.4) is 0 Å². The molecule has 1 heterocycles. The summed E-state index contributed by atoms with van der Waals surface area (Å²) >= 11 is 0. The molecule has 1 fully saturated rings. The Morgan fingerprint density at radius 2 is 2.05 bits per heavy atom. The van der Waals surface area contributed by atoms with Crippen molar-refractivity contribution in [3.8, 4) is 0 Å². The van der Waals surface area contributed by atoms with E-state index < -0.39 is 27.7 Å². The quantitative estimate of drug-likeness (QED) is 0.741. The molecule has 0 saturated carbocycles. The van der Waals surface area contributed by atoms with Crippen LogP contribution in [-0.4, -0.2) is 49.6 Å². The van der Waals surface area contributed by atoms with Crippen molar-refractivity contribution in [3.05, 3.63) is 0 Å². The molecule has 1 saturated heterocycles. The van der Waals surface area contributed by atoms with Crippen molar-refractivity contribution in [1.82, 2.24) is 9.03 Å². The number of ether oxygens (including phenoxy) is 1. The third-order valence-corrected chi connectivity index (χ3v) is 4.74. The summed E-state index contributed by atoms with van der Waals surface area (Å²) in [7, 11) is -4.06. The van der Waals surface area contributed by atoms with Gasteiger partial charge in [-0.3, -0.25) is 4.79 Å².